The second-order valence-electron chi connectivity index (χ2n) is 3.80. The van der Waals surface area contributed by atoms with Crippen LogP contribution in [0.3, 0.4) is 0 Å². The number of nitrogens with one attached hydrogen (secondary N) is 1. The van der Waals surface area contributed by atoms with Crippen molar-refractivity contribution in [3.05, 3.63) is 17.8 Å². The summed E-state index contributed by atoms with van der Waals surface area (Å²) in [6.45, 7) is 0. The molecule has 0 saturated carbocycles. The molecule has 0 radical (unpaired) electrons. The molecular formula is C12H14N4O4. The minimum Gasteiger partial charge on any atom is -0.493 e. The van der Waals surface area contributed by atoms with Crippen molar-refractivity contribution in [1.29, 1.82) is 0 Å². The van der Waals surface area contributed by atoms with E-state index in [0.717, 1.165) is 0 Å². The molecule has 8 nitrogen and oxygen atoms in total. The molecule has 2 rings (SSSR count). The Kier molecular flexibility index (Phi) is 3.74. The molecular weight excluding hydrogens is 264 g/mol. The van der Waals surface area contributed by atoms with Crippen LogP contribution in [0.15, 0.2) is 12.1 Å². The number of aromatic amines is 1. The van der Waals surface area contributed by atoms with E-state index < -0.39 is 5.91 Å². The van der Waals surface area contributed by atoms with E-state index in [1.54, 1.807) is 12.1 Å². The zero-order chi connectivity index (χ0) is 14.7. The summed E-state index contributed by atoms with van der Waals surface area (Å²) in [6.07, 6.45) is 0. The van der Waals surface area contributed by atoms with Crippen LogP contribution in [0.25, 0.3) is 11.3 Å². The molecule has 106 valence electrons. The van der Waals surface area contributed by atoms with Crippen molar-refractivity contribution in [2.45, 2.75) is 0 Å². The number of benzene rings is 1. The quantitative estimate of drug-likeness (QED) is 0.828. The lowest BCUT2D eigenvalue weighted by Gasteiger charge is -2.13. The fraction of sp³-hybridized carbons (Fsp3) is 0.250. The number of H-pyrrole nitrogens is 1. The second kappa shape index (κ2) is 5.47. The maximum absolute atomic E-state index is 11.3. The number of nitrogens with two attached hydrogens (primary N) is 1. The Morgan fingerprint density at radius 1 is 1.10 bits per heavy atom. The van der Waals surface area contributed by atoms with Gasteiger partial charge in [-0.25, -0.2) is 0 Å². The number of methoxy groups -OCH3 is 3. The van der Waals surface area contributed by atoms with E-state index in [2.05, 4.69) is 15.4 Å². The molecule has 0 aliphatic carbocycles. The summed E-state index contributed by atoms with van der Waals surface area (Å²) in [4.78, 5) is 11.3. The van der Waals surface area contributed by atoms with Crippen molar-refractivity contribution < 1.29 is 19.0 Å². The molecule has 20 heavy (non-hydrogen) atoms. The first kappa shape index (κ1) is 13.7. The number of hydrogen-bond acceptors (Lipinski definition) is 6. The smallest absolute Gasteiger partial charge is 0.271 e. The lowest BCUT2D eigenvalue weighted by atomic mass is 10.1. The predicted octanol–water partition coefficient (Wildman–Crippen LogP) is 0.596. The fourth-order valence-corrected chi connectivity index (χ4v) is 1.82. The van der Waals surface area contributed by atoms with Crippen molar-refractivity contribution in [2.24, 2.45) is 5.73 Å². The average molecular weight is 278 g/mol. The lowest BCUT2D eigenvalue weighted by molar-refractivity contribution is 0.0996. The van der Waals surface area contributed by atoms with Crippen LogP contribution in [0.1, 0.15) is 10.5 Å². The summed E-state index contributed by atoms with van der Waals surface area (Å²) < 4.78 is 15.7. The zero-order valence-corrected chi connectivity index (χ0v) is 11.3. The fourth-order valence-electron chi connectivity index (χ4n) is 1.82. The molecule has 3 N–H and O–H groups in total. The van der Waals surface area contributed by atoms with Gasteiger partial charge in [0.15, 0.2) is 17.2 Å². The Labute approximate surface area is 114 Å². The monoisotopic (exact) mass is 278 g/mol. The van der Waals surface area contributed by atoms with E-state index in [0.29, 0.717) is 28.5 Å². The van der Waals surface area contributed by atoms with Gasteiger partial charge in [-0.15, -0.1) is 0 Å². The molecule has 1 amide bonds. The van der Waals surface area contributed by atoms with Crippen molar-refractivity contribution in [3.8, 4) is 28.5 Å². The molecule has 0 spiro atoms. The first-order valence-electron chi connectivity index (χ1n) is 5.63. The standard InChI is InChI=1S/C12H14N4O4/c1-18-7-4-6(5-8(19-2)11(7)20-3)9-10(12(13)17)15-16-14-9/h4-5H,1-3H3,(H2,13,17)(H,14,15,16). The van der Waals surface area contributed by atoms with E-state index in [9.17, 15) is 4.79 Å². The predicted molar refractivity (Wildman–Crippen MR) is 70.0 cm³/mol. The van der Waals surface area contributed by atoms with E-state index in [1.165, 1.54) is 21.3 Å². The summed E-state index contributed by atoms with van der Waals surface area (Å²) in [6, 6.07) is 3.32. The molecule has 0 aliphatic rings. The normalized spacial score (nSPS) is 10.2. The van der Waals surface area contributed by atoms with Gasteiger partial charge in [0.05, 0.1) is 21.3 Å². The third kappa shape index (κ3) is 2.22. The molecule has 0 unspecified atom stereocenters. The summed E-state index contributed by atoms with van der Waals surface area (Å²) >= 11 is 0. The van der Waals surface area contributed by atoms with Crippen LogP contribution in [-0.4, -0.2) is 42.6 Å². The van der Waals surface area contributed by atoms with Gasteiger partial charge in [-0.3, -0.25) is 4.79 Å². The van der Waals surface area contributed by atoms with Gasteiger partial charge in [0, 0.05) is 5.56 Å². The molecule has 1 aromatic heterocycles. The van der Waals surface area contributed by atoms with Gasteiger partial charge < -0.3 is 19.9 Å². The van der Waals surface area contributed by atoms with Gasteiger partial charge in [0.1, 0.15) is 5.69 Å². The Balaban J connectivity index is 2.63. The topological polar surface area (TPSA) is 112 Å². The molecule has 1 aromatic carbocycles. The van der Waals surface area contributed by atoms with Gasteiger partial charge in [0.2, 0.25) is 5.75 Å². The van der Waals surface area contributed by atoms with Crippen molar-refractivity contribution in [3.63, 3.8) is 0 Å². The largest absolute Gasteiger partial charge is 0.493 e. The molecule has 0 atom stereocenters. The third-order valence-electron chi connectivity index (χ3n) is 2.72. The molecule has 0 saturated heterocycles. The highest BCUT2D eigenvalue weighted by atomic mass is 16.5. The van der Waals surface area contributed by atoms with Crippen LogP contribution < -0.4 is 19.9 Å². The highest BCUT2D eigenvalue weighted by Crippen LogP contribution is 2.41. The summed E-state index contributed by atoms with van der Waals surface area (Å²) in [5, 5.41) is 10.0. The number of carbonyl (C=O) groups is 1. The highest BCUT2D eigenvalue weighted by Gasteiger charge is 2.20. The number of rotatable bonds is 5. The highest BCUT2D eigenvalue weighted by molar-refractivity contribution is 5.97. The van der Waals surface area contributed by atoms with Crippen LogP contribution in [0.4, 0.5) is 0 Å². The summed E-state index contributed by atoms with van der Waals surface area (Å²) in [7, 11) is 4.50. The summed E-state index contributed by atoms with van der Waals surface area (Å²) in [5.74, 6) is 0.658. The van der Waals surface area contributed by atoms with Gasteiger partial charge in [-0.05, 0) is 12.1 Å². The second-order valence-corrected chi connectivity index (χ2v) is 3.80. The van der Waals surface area contributed by atoms with Gasteiger partial charge >= 0.3 is 0 Å². The summed E-state index contributed by atoms with van der Waals surface area (Å²) in [5.41, 5.74) is 6.17. The van der Waals surface area contributed by atoms with Crippen molar-refractivity contribution in [1.82, 2.24) is 15.4 Å². The molecule has 0 fully saturated rings. The van der Waals surface area contributed by atoms with Gasteiger partial charge in [-0.2, -0.15) is 15.4 Å². The van der Waals surface area contributed by atoms with E-state index in [4.69, 9.17) is 19.9 Å². The first-order valence-corrected chi connectivity index (χ1v) is 5.63. The zero-order valence-electron chi connectivity index (χ0n) is 11.3. The van der Waals surface area contributed by atoms with E-state index in [-0.39, 0.29) is 5.69 Å². The Morgan fingerprint density at radius 3 is 2.15 bits per heavy atom. The number of hydrogen-bond donors (Lipinski definition) is 2. The Bertz CT molecular complexity index is 613. The minimum atomic E-state index is -0.678. The van der Waals surface area contributed by atoms with E-state index >= 15 is 0 Å². The van der Waals surface area contributed by atoms with Crippen LogP contribution >= 0.6 is 0 Å². The number of nitrogens with zero attached hydrogens (tertiary/aromatic N) is 2. The third-order valence-corrected chi connectivity index (χ3v) is 2.72. The number of amides is 1. The number of ether oxygens (including phenoxy) is 3. The van der Waals surface area contributed by atoms with Crippen LogP contribution in [0.2, 0.25) is 0 Å². The molecule has 2 aromatic rings. The first-order chi connectivity index (χ1) is 9.62. The molecule has 0 aliphatic heterocycles. The Morgan fingerprint density at radius 2 is 1.70 bits per heavy atom. The Hall–Kier alpha value is -2.77. The number of primary amides is 1. The average Bonchev–Trinajstić information content (AvgIpc) is 2.95. The molecule has 8 heteroatoms. The van der Waals surface area contributed by atoms with Gasteiger partial charge in [-0.1, -0.05) is 0 Å². The van der Waals surface area contributed by atoms with Crippen molar-refractivity contribution >= 4 is 5.91 Å². The molecule has 1 heterocycles. The van der Waals surface area contributed by atoms with Gasteiger partial charge in [0.25, 0.3) is 5.91 Å². The molecule has 0 bridgehead atoms. The maximum Gasteiger partial charge on any atom is 0.271 e. The number of aromatic nitrogens is 3. The maximum atomic E-state index is 11.3. The van der Waals surface area contributed by atoms with Crippen LogP contribution in [-0.2, 0) is 0 Å². The van der Waals surface area contributed by atoms with Crippen molar-refractivity contribution in [2.75, 3.05) is 21.3 Å². The SMILES string of the molecule is COc1cc(-c2n[nH]nc2C(N)=O)cc(OC)c1OC. The minimum absolute atomic E-state index is 0.0410. The van der Waals surface area contributed by atoms with Crippen LogP contribution in [0, 0.1) is 0 Å². The lowest BCUT2D eigenvalue weighted by Crippen LogP contribution is -2.12. The van der Waals surface area contributed by atoms with Crippen LogP contribution in [0.5, 0.6) is 17.2 Å². The van der Waals surface area contributed by atoms with E-state index in [1.807, 2.05) is 0 Å². The number of carbonyl (C=O) groups excluding carboxylic acids is 1.